The Morgan fingerprint density at radius 1 is 1.18 bits per heavy atom. The highest BCUT2D eigenvalue weighted by Crippen LogP contribution is 2.24. The van der Waals surface area contributed by atoms with Crippen molar-refractivity contribution >= 4 is 11.6 Å². The first-order chi connectivity index (χ1) is 13.5. The molecule has 6 nitrogen and oxygen atoms in total. The summed E-state index contributed by atoms with van der Waals surface area (Å²) in [4.78, 5) is 25.0. The van der Waals surface area contributed by atoms with Crippen molar-refractivity contribution < 1.29 is 13.9 Å². The fourth-order valence-corrected chi connectivity index (χ4v) is 2.66. The van der Waals surface area contributed by atoms with Gasteiger partial charge in [-0.15, -0.1) is 0 Å². The van der Waals surface area contributed by atoms with Crippen LogP contribution in [-0.2, 0) is 0 Å². The van der Waals surface area contributed by atoms with E-state index in [-0.39, 0.29) is 11.4 Å². The Kier molecular flexibility index (Phi) is 5.84. The van der Waals surface area contributed by atoms with Crippen molar-refractivity contribution in [1.82, 2.24) is 9.78 Å². The number of para-hydroxylation sites is 3. The van der Waals surface area contributed by atoms with Crippen molar-refractivity contribution in [2.24, 2.45) is 0 Å². The number of nitrogens with one attached hydrogen (secondary N) is 1. The molecule has 0 fully saturated rings. The quantitative estimate of drug-likeness (QED) is 0.706. The maximum Gasteiger partial charge on any atom is 0.280 e. The molecule has 3 rings (SSSR count). The molecule has 0 aliphatic rings. The molecule has 1 heterocycles. The van der Waals surface area contributed by atoms with Crippen LogP contribution in [0.15, 0.2) is 59.4 Å². The average Bonchev–Trinajstić information content (AvgIpc) is 2.68. The summed E-state index contributed by atoms with van der Waals surface area (Å²) >= 11 is 0. The highest BCUT2D eigenvalue weighted by molar-refractivity contribution is 6.03. The average molecular weight is 381 g/mol. The van der Waals surface area contributed by atoms with Crippen molar-refractivity contribution in [1.29, 1.82) is 0 Å². The summed E-state index contributed by atoms with van der Waals surface area (Å²) in [6.45, 7) is 4.09. The molecule has 1 amide bonds. The lowest BCUT2D eigenvalue weighted by atomic mass is 10.2. The number of carbonyl (C=O) groups is 1. The van der Waals surface area contributed by atoms with E-state index in [1.807, 2.05) is 6.92 Å². The summed E-state index contributed by atoms with van der Waals surface area (Å²) in [5, 5.41) is 6.76. The number of ether oxygens (including phenoxy) is 1. The van der Waals surface area contributed by atoms with Gasteiger partial charge in [0.1, 0.15) is 17.3 Å². The van der Waals surface area contributed by atoms with Crippen LogP contribution in [0, 0.1) is 12.7 Å². The van der Waals surface area contributed by atoms with Crippen molar-refractivity contribution in [2.45, 2.75) is 20.3 Å². The van der Waals surface area contributed by atoms with Crippen LogP contribution in [0.4, 0.5) is 10.1 Å². The van der Waals surface area contributed by atoms with Gasteiger partial charge in [-0.3, -0.25) is 9.59 Å². The van der Waals surface area contributed by atoms with E-state index in [1.165, 1.54) is 22.9 Å². The number of hydrogen-bond acceptors (Lipinski definition) is 4. The SMILES string of the molecule is CCCOc1ccccc1NC(=O)c1nn(-c2ccccc2F)c(C)cc1=O. The molecule has 7 heteroatoms. The lowest BCUT2D eigenvalue weighted by Gasteiger charge is -2.13. The molecule has 3 aromatic rings. The molecule has 0 unspecified atom stereocenters. The van der Waals surface area contributed by atoms with Gasteiger partial charge in [0.05, 0.1) is 12.3 Å². The van der Waals surface area contributed by atoms with Crippen molar-refractivity contribution in [3.05, 3.63) is 82.0 Å². The van der Waals surface area contributed by atoms with Gasteiger partial charge >= 0.3 is 0 Å². The zero-order valence-electron chi connectivity index (χ0n) is 15.6. The lowest BCUT2D eigenvalue weighted by molar-refractivity contribution is 0.101. The van der Waals surface area contributed by atoms with Crippen LogP contribution in [-0.4, -0.2) is 22.3 Å². The van der Waals surface area contributed by atoms with E-state index in [0.29, 0.717) is 23.7 Å². The van der Waals surface area contributed by atoms with Gasteiger partial charge in [0.25, 0.3) is 5.91 Å². The minimum atomic E-state index is -0.692. The van der Waals surface area contributed by atoms with E-state index in [9.17, 15) is 14.0 Å². The molecule has 0 aliphatic heterocycles. The Morgan fingerprint density at radius 2 is 1.89 bits per heavy atom. The van der Waals surface area contributed by atoms with Gasteiger partial charge < -0.3 is 10.1 Å². The fraction of sp³-hybridized carbons (Fsp3) is 0.190. The number of rotatable bonds is 6. The van der Waals surface area contributed by atoms with Gasteiger partial charge in [0.15, 0.2) is 5.69 Å². The van der Waals surface area contributed by atoms with E-state index in [1.54, 1.807) is 43.3 Å². The number of nitrogens with zero attached hydrogens (tertiary/aromatic N) is 2. The zero-order valence-corrected chi connectivity index (χ0v) is 15.6. The van der Waals surface area contributed by atoms with Crippen LogP contribution in [0.2, 0.25) is 0 Å². The first kappa shape index (κ1) is 19.3. The number of halogens is 1. The minimum absolute atomic E-state index is 0.153. The molecule has 0 saturated heterocycles. The lowest BCUT2D eigenvalue weighted by Crippen LogP contribution is -2.27. The Bertz CT molecular complexity index is 1060. The first-order valence-electron chi connectivity index (χ1n) is 8.90. The Hall–Kier alpha value is -3.48. The molecular formula is C21H20FN3O3. The summed E-state index contributed by atoms with van der Waals surface area (Å²) in [6.07, 6.45) is 0.815. The number of hydrogen-bond donors (Lipinski definition) is 1. The molecule has 144 valence electrons. The van der Waals surface area contributed by atoms with Crippen LogP contribution < -0.4 is 15.5 Å². The van der Waals surface area contributed by atoms with Gasteiger partial charge in [0, 0.05) is 11.8 Å². The van der Waals surface area contributed by atoms with E-state index < -0.39 is 17.2 Å². The predicted molar refractivity (Wildman–Crippen MR) is 105 cm³/mol. The molecule has 2 aromatic carbocycles. The van der Waals surface area contributed by atoms with Gasteiger partial charge in [-0.05, 0) is 37.6 Å². The van der Waals surface area contributed by atoms with Crippen LogP contribution in [0.5, 0.6) is 5.75 Å². The molecule has 0 radical (unpaired) electrons. The normalized spacial score (nSPS) is 10.5. The monoisotopic (exact) mass is 381 g/mol. The highest BCUT2D eigenvalue weighted by atomic mass is 19.1. The van der Waals surface area contributed by atoms with Crippen molar-refractivity contribution in [2.75, 3.05) is 11.9 Å². The minimum Gasteiger partial charge on any atom is -0.491 e. The fourth-order valence-electron chi connectivity index (χ4n) is 2.66. The Morgan fingerprint density at radius 3 is 2.64 bits per heavy atom. The van der Waals surface area contributed by atoms with Crippen LogP contribution in [0.25, 0.3) is 5.69 Å². The van der Waals surface area contributed by atoms with Crippen LogP contribution in [0.1, 0.15) is 29.5 Å². The number of benzene rings is 2. The smallest absolute Gasteiger partial charge is 0.280 e. The highest BCUT2D eigenvalue weighted by Gasteiger charge is 2.18. The predicted octanol–water partition coefficient (Wildman–Crippen LogP) is 3.72. The third kappa shape index (κ3) is 4.09. The molecule has 0 spiro atoms. The van der Waals surface area contributed by atoms with Gasteiger partial charge in [-0.2, -0.15) is 5.10 Å². The molecule has 1 aromatic heterocycles. The molecule has 0 bridgehead atoms. The molecule has 0 aliphatic carbocycles. The number of aromatic nitrogens is 2. The summed E-state index contributed by atoms with van der Waals surface area (Å²) in [5.74, 6) is -0.701. The number of carbonyl (C=O) groups excluding carboxylic acids is 1. The number of amides is 1. The Labute approximate surface area is 161 Å². The zero-order chi connectivity index (χ0) is 20.1. The van der Waals surface area contributed by atoms with E-state index in [2.05, 4.69) is 10.4 Å². The van der Waals surface area contributed by atoms with Gasteiger partial charge in [-0.25, -0.2) is 9.07 Å². The van der Waals surface area contributed by atoms with Gasteiger partial charge in [-0.1, -0.05) is 31.2 Å². The third-order valence-electron chi connectivity index (χ3n) is 4.00. The molecular weight excluding hydrogens is 361 g/mol. The van der Waals surface area contributed by atoms with Crippen LogP contribution in [0.3, 0.4) is 0 Å². The van der Waals surface area contributed by atoms with E-state index in [4.69, 9.17) is 4.74 Å². The largest absolute Gasteiger partial charge is 0.491 e. The molecule has 28 heavy (non-hydrogen) atoms. The number of aryl methyl sites for hydroxylation is 1. The third-order valence-corrected chi connectivity index (χ3v) is 4.00. The summed E-state index contributed by atoms with van der Waals surface area (Å²) < 4.78 is 21.0. The van der Waals surface area contributed by atoms with Gasteiger partial charge in [0.2, 0.25) is 5.43 Å². The molecule has 0 atom stereocenters. The van der Waals surface area contributed by atoms with Crippen molar-refractivity contribution in [3.8, 4) is 11.4 Å². The molecule has 0 saturated carbocycles. The first-order valence-corrected chi connectivity index (χ1v) is 8.90. The maximum atomic E-state index is 14.2. The summed E-state index contributed by atoms with van der Waals surface area (Å²) in [7, 11) is 0. The van der Waals surface area contributed by atoms with Crippen LogP contribution >= 0.6 is 0 Å². The second kappa shape index (κ2) is 8.47. The van der Waals surface area contributed by atoms with Crippen molar-refractivity contribution in [3.63, 3.8) is 0 Å². The topological polar surface area (TPSA) is 73.2 Å². The second-order valence-corrected chi connectivity index (χ2v) is 6.16. The standard InChI is InChI=1S/C21H20FN3O3/c1-3-12-28-19-11-7-5-9-16(19)23-21(27)20-18(26)13-14(2)25(24-20)17-10-6-4-8-15(17)22/h4-11,13H,3,12H2,1-2H3,(H,23,27). The van der Waals surface area contributed by atoms with E-state index in [0.717, 1.165) is 6.42 Å². The summed E-state index contributed by atoms with van der Waals surface area (Å²) in [6, 6.07) is 14.2. The number of anilines is 1. The summed E-state index contributed by atoms with van der Waals surface area (Å²) in [5.41, 5.74) is 0.118. The molecule has 1 N–H and O–H groups in total. The maximum absolute atomic E-state index is 14.2. The Balaban J connectivity index is 1.96. The second-order valence-electron chi connectivity index (χ2n) is 6.16. The van der Waals surface area contributed by atoms with E-state index >= 15 is 0 Å².